The molecule has 4 nitrogen and oxygen atoms in total. The molecule has 12 heavy (non-hydrogen) atoms. The van der Waals surface area contributed by atoms with Crippen LogP contribution in [0.1, 0.15) is 20.8 Å². The maximum Gasteiger partial charge on any atom is 0.377 e. The second kappa shape index (κ2) is 4.21. The predicted molar refractivity (Wildman–Crippen MR) is 42.7 cm³/mol. The van der Waals surface area contributed by atoms with Crippen LogP contribution in [0.3, 0.4) is 0 Å². The summed E-state index contributed by atoms with van der Waals surface area (Å²) in [5.74, 6) is -1.50. The zero-order chi connectivity index (χ0) is 9.78. The van der Waals surface area contributed by atoms with Gasteiger partial charge in [-0.05, 0) is 20.8 Å². The van der Waals surface area contributed by atoms with Crippen LogP contribution in [0, 0.1) is 0 Å². The van der Waals surface area contributed by atoms with Gasteiger partial charge in [0.15, 0.2) is 0 Å². The number of ether oxygens (including phenoxy) is 2. The van der Waals surface area contributed by atoms with Crippen molar-refractivity contribution in [3.63, 3.8) is 0 Å². The topological polar surface area (TPSA) is 52.6 Å². The normalized spacial score (nSPS) is 11.0. The summed E-state index contributed by atoms with van der Waals surface area (Å²) in [6.07, 6.45) is 0. The first-order valence-corrected chi connectivity index (χ1v) is 3.72. The summed E-state index contributed by atoms with van der Waals surface area (Å²) in [5.41, 5.74) is -1.09. The van der Waals surface area contributed by atoms with Gasteiger partial charge in [-0.1, -0.05) is 0 Å². The van der Waals surface area contributed by atoms with Crippen LogP contribution in [-0.2, 0) is 19.1 Å². The van der Waals surface area contributed by atoms with Gasteiger partial charge < -0.3 is 9.47 Å². The highest BCUT2D eigenvalue weighted by Crippen LogP contribution is 2.09. The fraction of sp³-hybridized carbons (Fsp3) is 0.750. The lowest BCUT2D eigenvalue weighted by Crippen LogP contribution is -2.40. The molecule has 0 heterocycles. The summed E-state index contributed by atoms with van der Waals surface area (Å²) in [7, 11) is 1.37. The Bertz CT molecular complexity index is 183. The summed E-state index contributed by atoms with van der Waals surface area (Å²) >= 11 is 0. The Morgan fingerprint density at radius 1 is 1.33 bits per heavy atom. The highest BCUT2D eigenvalue weighted by atomic mass is 16.5. The summed E-state index contributed by atoms with van der Waals surface area (Å²) in [4.78, 5) is 22.1. The highest BCUT2D eigenvalue weighted by molar-refractivity contribution is 6.36. The number of methoxy groups -OCH3 is 1. The van der Waals surface area contributed by atoms with Crippen molar-refractivity contribution in [3.05, 3.63) is 0 Å². The fourth-order valence-electron chi connectivity index (χ4n) is 0.535. The van der Waals surface area contributed by atoms with Crippen molar-refractivity contribution in [3.8, 4) is 0 Å². The molecule has 0 atom stereocenters. The number of esters is 1. The molecule has 0 aromatic heterocycles. The van der Waals surface area contributed by atoms with Gasteiger partial charge in [-0.3, -0.25) is 4.79 Å². The molecule has 0 saturated carbocycles. The van der Waals surface area contributed by atoms with Gasteiger partial charge in [-0.15, -0.1) is 0 Å². The third kappa shape index (κ3) is 2.62. The van der Waals surface area contributed by atoms with Gasteiger partial charge in [0.05, 0.1) is 6.61 Å². The molecule has 0 aromatic rings. The highest BCUT2D eigenvalue weighted by Gasteiger charge is 2.33. The number of carbonyl (C=O) groups excluding carboxylic acids is 2. The van der Waals surface area contributed by atoms with Crippen LogP contribution in [-0.4, -0.2) is 31.1 Å². The van der Waals surface area contributed by atoms with Crippen LogP contribution in [0.15, 0.2) is 0 Å². The lowest BCUT2D eigenvalue weighted by molar-refractivity contribution is -0.162. The number of ketones is 1. The summed E-state index contributed by atoms with van der Waals surface area (Å²) in [6.45, 7) is 4.88. The average molecular weight is 174 g/mol. The first-order chi connectivity index (χ1) is 5.45. The van der Waals surface area contributed by atoms with Crippen molar-refractivity contribution < 1.29 is 19.1 Å². The molecule has 0 radical (unpaired) electrons. The van der Waals surface area contributed by atoms with Crippen molar-refractivity contribution in [1.29, 1.82) is 0 Å². The summed E-state index contributed by atoms with van der Waals surface area (Å²) in [5, 5.41) is 0. The van der Waals surface area contributed by atoms with E-state index in [2.05, 4.69) is 4.74 Å². The number of hydrogen-bond acceptors (Lipinski definition) is 4. The van der Waals surface area contributed by atoms with Crippen LogP contribution in [0.25, 0.3) is 0 Å². The van der Waals surface area contributed by atoms with Crippen molar-refractivity contribution in [2.24, 2.45) is 0 Å². The molecule has 0 bridgehead atoms. The van der Waals surface area contributed by atoms with Crippen LogP contribution >= 0.6 is 0 Å². The van der Waals surface area contributed by atoms with Gasteiger partial charge in [0.25, 0.3) is 5.78 Å². The van der Waals surface area contributed by atoms with Gasteiger partial charge in [0, 0.05) is 7.11 Å². The van der Waals surface area contributed by atoms with Crippen LogP contribution in [0.5, 0.6) is 0 Å². The van der Waals surface area contributed by atoms with Crippen molar-refractivity contribution in [2.75, 3.05) is 13.7 Å². The molecule has 0 aromatic carbocycles. The van der Waals surface area contributed by atoms with Gasteiger partial charge in [0.2, 0.25) is 0 Å². The second-order valence-electron chi connectivity index (χ2n) is 2.76. The maximum atomic E-state index is 11.2. The molecule has 0 saturated heterocycles. The molecule has 0 fully saturated rings. The zero-order valence-corrected chi connectivity index (χ0v) is 7.84. The molecule has 0 amide bonds. The molecule has 0 aliphatic carbocycles. The monoisotopic (exact) mass is 174 g/mol. The van der Waals surface area contributed by atoms with Gasteiger partial charge in [0.1, 0.15) is 5.60 Å². The zero-order valence-electron chi connectivity index (χ0n) is 7.84. The van der Waals surface area contributed by atoms with E-state index in [0.29, 0.717) is 0 Å². The van der Waals surface area contributed by atoms with Crippen LogP contribution in [0.4, 0.5) is 0 Å². The van der Waals surface area contributed by atoms with Crippen molar-refractivity contribution in [2.45, 2.75) is 26.4 Å². The smallest absolute Gasteiger partial charge is 0.377 e. The Hall–Kier alpha value is -0.900. The Morgan fingerprint density at radius 2 is 1.83 bits per heavy atom. The van der Waals surface area contributed by atoms with E-state index >= 15 is 0 Å². The minimum Gasteiger partial charge on any atom is -0.460 e. The third-order valence-electron chi connectivity index (χ3n) is 1.52. The molecule has 0 rings (SSSR count). The Morgan fingerprint density at radius 3 is 2.17 bits per heavy atom. The van der Waals surface area contributed by atoms with Gasteiger partial charge >= 0.3 is 5.97 Å². The SMILES string of the molecule is CCOC(=O)C(=O)C(C)(C)OC. The lowest BCUT2D eigenvalue weighted by atomic mass is 10.0. The first-order valence-electron chi connectivity index (χ1n) is 3.72. The molecule has 0 N–H and O–H groups in total. The van der Waals surface area contributed by atoms with Gasteiger partial charge in [-0.25, -0.2) is 4.79 Å². The predicted octanol–water partition coefficient (Wildman–Crippen LogP) is 0.544. The second-order valence-corrected chi connectivity index (χ2v) is 2.76. The average Bonchev–Trinajstić information content (AvgIpc) is 2.03. The minimum absolute atomic E-state index is 0.199. The van der Waals surface area contributed by atoms with E-state index in [0.717, 1.165) is 0 Å². The lowest BCUT2D eigenvalue weighted by Gasteiger charge is -2.19. The molecule has 0 spiro atoms. The van der Waals surface area contributed by atoms with E-state index in [1.807, 2.05) is 0 Å². The van der Waals surface area contributed by atoms with E-state index in [9.17, 15) is 9.59 Å². The van der Waals surface area contributed by atoms with E-state index in [1.54, 1.807) is 6.92 Å². The number of Topliss-reactive ketones (excluding diaryl/α,β-unsaturated/α-hetero) is 1. The molecular weight excluding hydrogens is 160 g/mol. The quantitative estimate of drug-likeness (QED) is 0.461. The summed E-state index contributed by atoms with van der Waals surface area (Å²) in [6, 6.07) is 0. The Kier molecular flexibility index (Phi) is 3.89. The standard InChI is InChI=1S/C8H14O4/c1-5-12-7(10)6(9)8(2,3)11-4/h5H2,1-4H3. The van der Waals surface area contributed by atoms with E-state index in [-0.39, 0.29) is 6.61 Å². The van der Waals surface area contributed by atoms with E-state index < -0.39 is 17.4 Å². The molecule has 0 unspecified atom stereocenters. The number of rotatable bonds is 4. The van der Waals surface area contributed by atoms with Gasteiger partial charge in [-0.2, -0.15) is 0 Å². The molecule has 70 valence electrons. The van der Waals surface area contributed by atoms with Crippen molar-refractivity contribution in [1.82, 2.24) is 0 Å². The third-order valence-corrected chi connectivity index (χ3v) is 1.52. The molecule has 0 aliphatic heterocycles. The van der Waals surface area contributed by atoms with Crippen LogP contribution < -0.4 is 0 Å². The van der Waals surface area contributed by atoms with Crippen LogP contribution in [0.2, 0.25) is 0 Å². The number of carbonyl (C=O) groups is 2. The Balaban J connectivity index is 4.29. The Labute approximate surface area is 71.8 Å². The largest absolute Gasteiger partial charge is 0.460 e. The van der Waals surface area contributed by atoms with E-state index in [1.165, 1.54) is 21.0 Å². The minimum atomic E-state index is -1.09. The molecule has 4 heteroatoms. The summed E-state index contributed by atoms with van der Waals surface area (Å²) < 4.78 is 9.34. The number of hydrogen-bond donors (Lipinski definition) is 0. The van der Waals surface area contributed by atoms with E-state index in [4.69, 9.17) is 4.74 Å². The fourth-order valence-corrected chi connectivity index (χ4v) is 0.535. The molecular formula is C8H14O4. The van der Waals surface area contributed by atoms with Crippen molar-refractivity contribution >= 4 is 11.8 Å². The maximum absolute atomic E-state index is 11.2. The first kappa shape index (κ1) is 11.1. The molecule has 0 aliphatic rings.